The third kappa shape index (κ3) is 4.55. The number of nitrogens with one attached hydrogen (secondary N) is 1. The number of amides is 1. The van der Waals surface area contributed by atoms with Gasteiger partial charge in [-0.25, -0.2) is 0 Å². The minimum Gasteiger partial charge on any atom is -0.338 e. The average Bonchev–Trinajstić information content (AvgIpc) is 2.93. The van der Waals surface area contributed by atoms with Gasteiger partial charge in [0.2, 0.25) is 5.91 Å². The fourth-order valence-corrected chi connectivity index (χ4v) is 3.02. The molecule has 0 aliphatic carbocycles. The number of nitrogens with zero attached hydrogens (tertiary/aromatic N) is 2. The minimum absolute atomic E-state index is 0.240. The Bertz CT molecular complexity index is 435. The van der Waals surface area contributed by atoms with E-state index in [4.69, 9.17) is 0 Å². The van der Waals surface area contributed by atoms with Crippen LogP contribution in [0.1, 0.15) is 25.3 Å². The fourth-order valence-electron chi connectivity index (χ4n) is 3.02. The smallest absolute Gasteiger partial charge is 0.237 e. The van der Waals surface area contributed by atoms with Crippen molar-refractivity contribution < 1.29 is 4.79 Å². The largest absolute Gasteiger partial charge is 0.338 e. The van der Waals surface area contributed by atoms with E-state index in [2.05, 4.69) is 29.3 Å². The van der Waals surface area contributed by atoms with Crippen LogP contribution in [0.15, 0.2) is 30.3 Å². The van der Waals surface area contributed by atoms with Gasteiger partial charge in [0.05, 0.1) is 6.54 Å². The second kappa shape index (κ2) is 8.15. The maximum absolute atomic E-state index is 12.5. The zero-order valence-electron chi connectivity index (χ0n) is 13.2. The summed E-state index contributed by atoms with van der Waals surface area (Å²) in [7, 11) is 1.98. The molecule has 0 aromatic heterocycles. The Hall–Kier alpha value is -1.39. The standard InChI is InChI=1S/C17H27N3O/c1-3-19(13-15-8-5-4-6-9-15)17(21)14-20-11-7-10-16(20)12-18-2/h4-6,8-9,16,18H,3,7,10-14H2,1-2H3. The van der Waals surface area contributed by atoms with Gasteiger partial charge in [-0.15, -0.1) is 0 Å². The molecule has 1 aliphatic heterocycles. The molecule has 0 radical (unpaired) electrons. The fraction of sp³-hybridized carbons (Fsp3) is 0.588. The molecule has 21 heavy (non-hydrogen) atoms. The zero-order chi connectivity index (χ0) is 15.1. The number of likely N-dealkylation sites (tertiary alicyclic amines) is 1. The van der Waals surface area contributed by atoms with Crippen molar-refractivity contribution in [3.8, 4) is 0 Å². The molecule has 1 atom stereocenters. The second-order valence-corrected chi connectivity index (χ2v) is 5.72. The van der Waals surface area contributed by atoms with Crippen LogP contribution in [-0.2, 0) is 11.3 Å². The SMILES string of the molecule is CCN(Cc1ccccc1)C(=O)CN1CCCC1CNC. The van der Waals surface area contributed by atoms with E-state index in [9.17, 15) is 4.79 Å². The van der Waals surface area contributed by atoms with Crippen molar-refractivity contribution in [1.82, 2.24) is 15.1 Å². The molecular formula is C17H27N3O. The van der Waals surface area contributed by atoms with Crippen LogP contribution in [-0.4, -0.2) is 55.0 Å². The maximum Gasteiger partial charge on any atom is 0.237 e. The van der Waals surface area contributed by atoms with E-state index in [1.807, 2.05) is 30.1 Å². The highest BCUT2D eigenvalue weighted by atomic mass is 16.2. The van der Waals surface area contributed by atoms with E-state index in [-0.39, 0.29) is 5.91 Å². The second-order valence-electron chi connectivity index (χ2n) is 5.72. The van der Waals surface area contributed by atoms with Crippen molar-refractivity contribution in [3.05, 3.63) is 35.9 Å². The molecule has 1 heterocycles. The summed E-state index contributed by atoms with van der Waals surface area (Å²) in [6.07, 6.45) is 2.39. The molecule has 4 heteroatoms. The number of likely N-dealkylation sites (N-methyl/N-ethyl adjacent to an activating group) is 2. The van der Waals surface area contributed by atoms with Gasteiger partial charge in [0, 0.05) is 25.7 Å². The predicted octanol–water partition coefficient (Wildman–Crippen LogP) is 1.72. The van der Waals surface area contributed by atoms with Crippen LogP contribution < -0.4 is 5.32 Å². The first-order chi connectivity index (χ1) is 10.2. The van der Waals surface area contributed by atoms with E-state index in [0.717, 1.165) is 19.6 Å². The summed E-state index contributed by atoms with van der Waals surface area (Å²) in [5, 5.41) is 3.23. The topological polar surface area (TPSA) is 35.6 Å². The Kier molecular flexibility index (Phi) is 6.21. The van der Waals surface area contributed by atoms with Crippen LogP contribution in [0.5, 0.6) is 0 Å². The normalized spacial score (nSPS) is 18.9. The van der Waals surface area contributed by atoms with Crippen LogP contribution in [0.2, 0.25) is 0 Å². The summed E-state index contributed by atoms with van der Waals surface area (Å²) < 4.78 is 0. The van der Waals surface area contributed by atoms with Gasteiger partial charge in [-0.2, -0.15) is 0 Å². The molecule has 1 saturated heterocycles. The number of hydrogen-bond acceptors (Lipinski definition) is 3. The van der Waals surface area contributed by atoms with Crippen LogP contribution in [0.25, 0.3) is 0 Å². The van der Waals surface area contributed by atoms with Gasteiger partial charge in [0.15, 0.2) is 0 Å². The lowest BCUT2D eigenvalue weighted by molar-refractivity contribution is -0.133. The maximum atomic E-state index is 12.5. The number of rotatable bonds is 7. The van der Waals surface area contributed by atoms with Crippen molar-refractivity contribution in [3.63, 3.8) is 0 Å². The monoisotopic (exact) mass is 289 g/mol. The number of carbonyl (C=O) groups excluding carboxylic acids is 1. The first kappa shape index (κ1) is 16.0. The highest BCUT2D eigenvalue weighted by molar-refractivity contribution is 5.78. The molecular weight excluding hydrogens is 262 g/mol. The molecule has 1 N–H and O–H groups in total. The molecule has 116 valence electrons. The first-order valence-corrected chi connectivity index (χ1v) is 7.95. The Morgan fingerprint density at radius 2 is 2.14 bits per heavy atom. The molecule has 0 spiro atoms. The summed E-state index contributed by atoms with van der Waals surface area (Å²) in [6, 6.07) is 10.7. The number of hydrogen-bond donors (Lipinski definition) is 1. The molecule has 1 aromatic rings. The molecule has 1 aliphatic rings. The van der Waals surface area contributed by atoms with Crippen LogP contribution >= 0.6 is 0 Å². The lowest BCUT2D eigenvalue weighted by Crippen LogP contribution is -2.44. The van der Waals surface area contributed by atoms with Crippen LogP contribution in [0.4, 0.5) is 0 Å². The van der Waals surface area contributed by atoms with E-state index in [0.29, 0.717) is 19.1 Å². The molecule has 1 fully saturated rings. The highest BCUT2D eigenvalue weighted by Crippen LogP contribution is 2.16. The molecule has 0 bridgehead atoms. The summed E-state index contributed by atoms with van der Waals surface area (Å²) in [6.45, 7) is 6.08. The van der Waals surface area contributed by atoms with Crippen molar-refractivity contribution in [1.29, 1.82) is 0 Å². The van der Waals surface area contributed by atoms with Crippen LogP contribution in [0, 0.1) is 0 Å². The third-order valence-electron chi connectivity index (χ3n) is 4.23. The summed E-state index contributed by atoms with van der Waals surface area (Å²) >= 11 is 0. The van der Waals surface area contributed by atoms with Gasteiger partial charge in [-0.1, -0.05) is 30.3 Å². The Morgan fingerprint density at radius 3 is 2.81 bits per heavy atom. The van der Waals surface area contributed by atoms with E-state index >= 15 is 0 Å². The first-order valence-electron chi connectivity index (χ1n) is 7.95. The number of benzene rings is 1. The third-order valence-corrected chi connectivity index (χ3v) is 4.23. The van der Waals surface area contributed by atoms with E-state index in [1.54, 1.807) is 0 Å². The van der Waals surface area contributed by atoms with Gasteiger partial charge >= 0.3 is 0 Å². The Morgan fingerprint density at radius 1 is 1.38 bits per heavy atom. The van der Waals surface area contributed by atoms with Crippen molar-refractivity contribution in [2.75, 3.05) is 33.2 Å². The molecule has 1 unspecified atom stereocenters. The molecule has 1 amide bonds. The number of carbonyl (C=O) groups is 1. The molecule has 0 saturated carbocycles. The predicted molar refractivity (Wildman–Crippen MR) is 86.1 cm³/mol. The summed E-state index contributed by atoms with van der Waals surface area (Å²) in [5.74, 6) is 0.240. The van der Waals surface area contributed by atoms with Crippen LogP contribution in [0.3, 0.4) is 0 Å². The van der Waals surface area contributed by atoms with Crippen molar-refractivity contribution in [2.24, 2.45) is 0 Å². The lowest BCUT2D eigenvalue weighted by atomic mass is 10.2. The van der Waals surface area contributed by atoms with Gasteiger partial charge in [-0.05, 0) is 38.9 Å². The minimum atomic E-state index is 0.240. The van der Waals surface area contributed by atoms with Gasteiger partial charge < -0.3 is 10.2 Å². The van der Waals surface area contributed by atoms with E-state index < -0.39 is 0 Å². The highest BCUT2D eigenvalue weighted by Gasteiger charge is 2.26. The lowest BCUT2D eigenvalue weighted by Gasteiger charge is -2.28. The van der Waals surface area contributed by atoms with Crippen molar-refractivity contribution in [2.45, 2.75) is 32.4 Å². The van der Waals surface area contributed by atoms with E-state index in [1.165, 1.54) is 18.4 Å². The van der Waals surface area contributed by atoms with Crippen molar-refractivity contribution >= 4 is 5.91 Å². The van der Waals surface area contributed by atoms with Gasteiger partial charge in [0.25, 0.3) is 0 Å². The molecule has 2 rings (SSSR count). The van der Waals surface area contributed by atoms with Gasteiger partial charge in [0.1, 0.15) is 0 Å². The summed E-state index contributed by atoms with van der Waals surface area (Å²) in [4.78, 5) is 16.8. The Balaban J connectivity index is 1.91. The molecule has 1 aromatic carbocycles. The summed E-state index contributed by atoms with van der Waals surface area (Å²) in [5.41, 5.74) is 1.20. The zero-order valence-corrected chi connectivity index (χ0v) is 13.2. The quantitative estimate of drug-likeness (QED) is 0.830. The Labute approximate surface area is 128 Å². The average molecular weight is 289 g/mol. The van der Waals surface area contributed by atoms with Gasteiger partial charge in [-0.3, -0.25) is 9.69 Å². The molecule has 4 nitrogen and oxygen atoms in total.